The molecule has 0 spiro atoms. The molecular weight excluding hydrogens is 317 g/mol. The van der Waals surface area contributed by atoms with E-state index in [1.165, 1.54) is 4.68 Å². The molecule has 0 atom stereocenters. The Morgan fingerprint density at radius 2 is 1.52 bits per heavy atom. The lowest BCUT2D eigenvalue weighted by molar-refractivity contribution is 0.372. The summed E-state index contributed by atoms with van der Waals surface area (Å²) in [5.74, 6) is -10.4. The number of rotatable bonds is 5. The lowest BCUT2D eigenvalue weighted by Crippen LogP contribution is -2.12. The van der Waals surface area contributed by atoms with Gasteiger partial charge < -0.3 is 5.73 Å². The molecule has 11 heteroatoms. The van der Waals surface area contributed by atoms with Crippen LogP contribution in [0.5, 0.6) is 0 Å². The fourth-order valence-corrected chi connectivity index (χ4v) is 2.37. The Hall–Kier alpha value is -1.75. The Morgan fingerprint density at radius 1 is 0.952 bits per heavy atom. The second-order valence-corrected chi connectivity index (χ2v) is 4.75. The van der Waals surface area contributed by atoms with Crippen molar-refractivity contribution in [1.82, 2.24) is 20.2 Å². The minimum atomic E-state index is -2.19. The molecule has 21 heavy (non-hydrogen) atoms. The summed E-state index contributed by atoms with van der Waals surface area (Å²) in [6.45, 7) is 0.480. The number of hydrogen-bond acceptors (Lipinski definition) is 5. The molecule has 0 saturated heterocycles. The van der Waals surface area contributed by atoms with Crippen LogP contribution in [0.3, 0.4) is 0 Å². The Kier molecular flexibility index (Phi) is 4.73. The molecule has 2 aromatic rings. The van der Waals surface area contributed by atoms with E-state index in [0.717, 1.165) is 11.8 Å². The molecule has 0 aliphatic carbocycles. The molecule has 0 amide bonds. The topological polar surface area (TPSA) is 69.6 Å². The Morgan fingerprint density at radius 3 is 2.10 bits per heavy atom. The Balaban J connectivity index is 2.26. The van der Waals surface area contributed by atoms with Gasteiger partial charge in [0.2, 0.25) is 11.0 Å². The van der Waals surface area contributed by atoms with Crippen molar-refractivity contribution in [2.24, 2.45) is 5.73 Å². The normalized spacial score (nSPS) is 11.1. The van der Waals surface area contributed by atoms with Gasteiger partial charge in [-0.2, -0.15) is 0 Å². The van der Waals surface area contributed by atoms with Crippen molar-refractivity contribution in [3.05, 3.63) is 34.6 Å². The maximum atomic E-state index is 13.5. The highest BCUT2D eigenvalue weighted by Crippen LogP contribution is 2.28. The van der Waals surface area contributed by atoms with Crippen LogP contribution in [-0.4, -0.2) is 26.8 Å². The molecular formula is C10H8F5N5S. The van der Waals surface area contributed by atoms with E-state index in [2.05, 4.69) is 15.5 Å². The highest BCUT2D eigenvalue weighted by atomic mass is 32.2. The third kappa shape index (κ3) is 2.97. The first-order chi connectivity index (χ1) is 9.97. The molecule has 0 radical (unpaired) electrons. The van der Waals surface area contributed by atoms with Gasteiger partial charge in [-0.3, -0.25) is 0 Å². The molecule has 0 saturated carbocycles. The molecule has 114 valence electrons. The van der Waals surface area contributed by atoms with Crippen molar-refractivity contribution in [2.75, 3.05) is 6.54 Å². The maximum absolute atomic E-state index is 13.5. The monoisotopic (exact) mass is 325 g/mol. The number of thioether (sulfide) groups is 1. The Labute approximate surface area is 119 Å². The molecule has 1 aromatic heterocycles. The summed E-state index contributed by atoms with van der Waals surface area (Å²) in [5.41, 5.74) is 4.38. The first-order valence-electron chi connectivity index (χ1n) is 5.56. The van der Waals surface area contributed by atoms with E-state index in [1.54, 1.807) is 0 Å². The second kappa shape index (κ2) is 6.35. The van der Waals surface area contributed by atoms with Crippen LogP contribution in [0.15, 0.2) is 5.16 Å². The minimum Gasteiger partial charge on any atom is -0.329 e. The third-order valence-corrected chi connectivity index (χ3v) is 3.47. The first-order valence-corrected chi connectivity index (χ1v) is 6.55. The molecule has 2 rings (SSSR count). The fraction of sp³-hybridized carbons (Fsp3) is 0.300. The van der Waals surface area contributed by atoms with Gasteiger partial charge in [-0.15, -0.1) is 5.10 Å². The molecule has 1 aromatic carbocycles. The average Bonchev–Trinajstić information content (AvgIpc) is 2.91. The molecule has 5 nitrogen and oxygen atoms in total. The van der Waals surface area contributed by atoms with Gasteiger partial charge in [-0.05, 0) is 10.4 Å². The minimum absolute atomic E-state index is 0.157. The smallest absolute Gasteiger partial charge is 0.209 e. The molecule has 0 unspecified atom stereocenters. The SMILES string of the molecule is NCCn1nnnc1SCc1c(F)c(F)c(F)c(F)c1F. The van der Waals surface area contributed by atoms with Gasteiger partial charge in [0.1, 0.15) is 0 Å². The van der Waals surface area contributed by atoms with Gasteiger partial charge in [-0.25, -0.2) is 26.6 Å². The van der Waals surface area contributed by atoms with Crippen molar-refractivity contribution >= 4 is 11.8 Å². The van der Waals surface area contributed by atoms with Gasteiger partial charge >= 0.3 is 0 Å². The number of benzene rings is 1. The predicted molar refractivity (Wildman–Crippen MR) is 62.7 cm³/mol. The van der Waals surface area contributed by atoms with Crippen molar-refractivity contribution in [1.29, 1.82) is 0 Å². The zero-order chi connectivity index (χ0) is 15.6. The van der Waals surface area contributed by atoms with Crippen LogP contribution in [0.4, 0.5) is 22.0 Å². The van der Waals surface area contributed by atoms with Crippen LogP contribution >= 0.6 is 11.8 Å². The summed E-state index contributed by atoms with van der Waals surface area (Å²) >= 11 is 0.734. The number of aromatic nitrogens is 4. The van der Waals surface area contributed by atoms with Crippen molar-refractivity contribution in [3.8, 4) is 0 Å². The number of nitrogens with zero attached hydrogens (tertiary/aromatic N) is 4. The zero-order valence-corrected chi connectivity index (χ0v) is 11.1. The first kappa shape index (κ1) is 15.6. The third-order valence-electron chi connectivity index (χ3n) is 2.49. The number of halogens is 5. The van der Waals surface area contributed by atoms with Crippen LogP contribution in [0.25, 0.3) is 0 Å². The van der Waals surface area contributed by atoms with Crippen LogP contribution in [-0.2, 0) is 12.3 Å². The zero-order valence-electron chi connectivity index (χ0n) is 10.3. The summed E-state index contributed by atoms with van der Waals surface area (Å²) in [6, 6.07) is 0. The fourth-order valence-electron chi connectivity index (χ4n) is 1.48. The van der Waals surface area contributed by atoms with Crippen LogP contribution < -0.4 is 5.73 Å². The van der Waals surface area contributed by atoms with Crippen LogP contribution in [0.2, 0.25) is 0 Å². The lowest BCUT2D eigenvalue weighted by atomic mass is 10.2. The van der Waals surface area contributed by atoms with Crippen LogP contribution in [0, 0.1) is 29.1 Å². The van der Waals surface area contributed by atoms with Gasteiger partial charge in [-0.1, -0.05) is 11.8 Å². The summed E-state index contributed by atoms with van der Waals surface area (Å²) in [6.07, 6.45) is 0. The van der Waals surface area contributed by atoms with E-state index in [4.69, 9.17) is 5.73 Å². The van der Waals surface area contributed by atoms with Crippen molar-refractivity contribution in [3.63, 3.8) is 0 Å². The standard InChI is InChI=1S/C10H8F5N5S/c11-5-4(6(12)8(14)9(15)7(5)13)3-21-10-17-18-19-20(10)2-1-16/h1-3,16H2. The van der Waals surface area contributed by atoms with Crippen molar-refractivity contribution in [2.45, 2.75) is 17.5 Å². The molecule has 1 heterocycles. The predicted octanol–water partition coefficient (Wildman–Crippen LogP) is 1.62. The van der Waals surface area contributed by atoms with Crippen LogP contribution in [0.1, 0.15) is 5.56 Å². The number of hydrogen-bond donors (Lipinski definition) is 1. The quantitative estimate of drug-likeness (QED) is 0.391. The van der Waals surface area contributed by atoms with E-state index < -0.39 is 40.4 Å². The van der Waals surface area contributed by atoms with E-state index in [0.29, 0.717) is 0 Å². The summed E-state index contributed by atoms with van der Waals surface area (Å²) in [7, 11) is 0. The number of tetrazole rings is 1. The summed E-state index contributed by atoms with van der Waals surface area (Å²) in [4.78, 5) is 0. The molecule has 0 aliphatic heterocycles. The lowest BCUT2D eigenvalue weighted by Gasteiger charge is -2.07. The maximum Gasteiger partial charge on any atom is 0.209 e. The summed E-state index contributed by atoms with van der Waals surface area (Å²) in [5, 5.41) is 10.6. The second-order valence-electron chi connectivity index (χ2n) is 3.81. The molecule has 0 aliphatic rings. The average molecular weight is 325 g/mol. The van der Waals surface area contributed by atoms with E-state index >= 15 is 0 Å². The molecule has 2 N–H and O–H groups in total. The Bertz CT molecular complexity index is 633. The molecule has 0 fully saturated rings. The van der Waals surface area contributed by atoms with E-state index in [-0.39, 0.29) is 18.2 Å². The van der Waals surface area contributed by atoms with E-state index in [1.807, 2.05) is 0 Å². The summed E-state index contributed by atoms with van der Waals surface area (Å²) < 4.78 is 67.2. The van der Waals surface area contributed by atoms with Gasteiger partial charge in [0.05, 0.1) is 6.54 Å². The largest absolute Gasteiger partial charge is 0.329 e. The van der Waals surface area contributed by atoms with Crippen molar-refractivity contribution < 1.29 is 22.0 Å². The number of nitrogens with two attached hydrogens (primary N) is 1. The molecule has 0 bridgehead atoms. The van der Waals surface area contributed by atoms with Gasteiger partial charge in [0, 0.05) is 17.9 Å². The highest BCUT2D eigenvalue weighted by Gasteiger charge is 2.26. The van der Waals surface area contributed by atoms with E-state index in [9.17, 15) is 22.0 Å². The van der Waals surface area contributed by atoms with Gasteiger partial charge in [0.15, 0.2) is 23.3 Å². The van der Waals surface area contributed by atoms with Gasteiger partial charge in [0.25, 0.3) is 0 Å². The highest BCUT2D eigenvalue weighted by molar-refractivity contribution is 7.98.